The van der Waals surface area contributed by atoms with Gasteiger partial charge in [-0.1, -0.05) is 11.6 Å². The van der Waals surface area contributed by atoms with E-state index in [2.05, 4.69) is 10.6 Å². The molecule has 2 amide bonds. The van der Waals surface area contributed by atoms with Crippen LogP contribution in [0.1, 0.15) is 24.6 Å². The lowest BCUT2D eigenvalue weighted by Gasteiger charge is -2.30. The lowest BCUT2D eigenvalue weighted by molar-refractivity contribution is -0.121. The van der Waals surface area contributed by atoms with E-state index in [-0.39, 0.29) is 18.4 Å². The quantitative estimate of drug-likeness (QED) is 0.718. The molecule has 3 rings (SSSR count). The van der Waals surface area contributed by atoms with Crippen LogP contribution in [-0.2, 0) is 19.6 Å². The molecule has 10 heteroatoms. The minimum Gasteiger partial charge on any atom is -0.326 e. The number of nitrogens with one attached hydrogen (secondary N) is 2. The summed E-state index contributed by atoms with van der Waals surface area (Å²) in [6, 6.07) is 8.17. The van der Waals surface area contributed by atoms with Gasteiger partial charge in [0.05, 0.1) is 16.6 Å². The highest BCUT2D eigenvalue weighted by Crippen LogP contribution is 2.30. The van der Waals surface area contributed by atoms with Crippen molar-refractivity contribution in [2.75, 3.05) is 23.7 Å². The van der Waals surface area contributed by atoms with Crippen molar-refractivity contribution < 1.29 is 18.0 Å². The molecule has 2 aromatic rings. The molecule has 0 spiro atoms. The molecule has 1 aromatic heterocycles. The van der Waals surface area contributed by atoms with Crippen molar-refractivity contribution in [1.82, 2.24) is 4.31 Å². The summed E-state index contributed by atoms with van der Waals surface area (Å²) in [5, 5.41) is 5.74. The first-order valence-electron chi connectivity index (χ1n) is 9.11. The molecule has 0 aliphatic carbocycles. The molecule has 1 aromatic carbocycles. The monoisotopic (exact) mass is 455 g/mol. The average molecular weight is 456 g/mol. The summed E-state index contributed by atoms with van der Waals surface area (Å²) in [5.74, 6) is -1.02. The maximum absolute atomic E-state index is 12.9. The molecule has 1 aliphatic heterocycles. The molecule has 156 valence electrons. The number of hydrogen-bond acceptors (Lipinski definition) is 5. The summed E-state index contributed by atoms with van der Waals surface area (Å²) >= 11 is 7.39. The fraction of sp³-hybridized carbons (Fsp3) is 0.368. The molecular formula is C19H22ClN3O4S2. The standard InChI is InChI=1S/C19H22ClN3O4S2/c1-12-5-8-18(28-12)29(26,27)23-9-3-4-14(11-23)19(25)22-17-10-15(21-13(2)24)6-7-16(17)20/h5-8,10,14H,3-4,9,11H2,1-2H3,(H,21,24)(H,22,25). The van der Waals surface area contributed by atoms with E-state index in [4.69, 9.17) is 11.6 Å². The van der Waals surface area contributed by atoms with E-state index in [1.807, 2.05) is 6.92 Å². The van der Waals surface area contributed by atoms with Crippen LogP contribution in [0.4, 0.5) is 11.4 Å². The Labute approximate surface area is 179 Å². The number of carbonyl (C=O) groups is 2. The lowest BCUT2D eigenvalue weighted by Crippen LogP contribution is -2.43. The second-order valence-corrected chi connectivity index (χ2v) is 10.8. The first-order valence-corrected chi connectivity index (χ1v) is 11.7. The fourth-order valence-electron chi connectivity index (χ4n) is 3.19. The first-order chi connectivity index (χ1) is 13.7. The molecule has 1 aliphatic rings. The van der Waals surface area contributed by atoms with Gasteiger partial charge in [-0.25, -0.2) is 8.42 Å². The Kier molecular flexibility index (Phi) is 6.62. The number of rotatable bonds is 5. The van der Waals surface area contributed by atoms with E-state index in [0.29, 0.717) is 40.0 Å². The molecule has 1 fully saturated rings. The van der Waals surface area contributed by atoms with Gasteiger partial charge in [0.2, 0.25) is 11.8 Å². The van der Waals surface area contributed by atoms with Crippen molar-refractivity contribution in [3.63, 3.8) is 0 Å². The van der Waals surface area contributed by atoms with Crippen LogP contribution in [-0.4, -0.2) is 37.6 Å². The van der Waals surface area contributed by atoms with Gasteiger partial charge in [-0.3, -0.25) is 9.59 Å². The molecule has 1 saturated heterocycles. The normalized spacial score (nSPS) is 17.7. The molecule has 2 heterocycles. The maximum Gasteiger partial charge on any atom is 0.252 e. The van der Waals surface area contributed by atoms with Crippen LogP contribution in [0.3, 0.4) is 0 Å². The number of sulfonamides is 1. The largest absolute Gasteiger partial charge is 0.326 e. The van der Waals surface area contributed by atoms with E-state index in [1.165, 1.54) is 22.6 Å². The molecule has 7 nitrogen and oxygen atoms in total. The van der Waals surface area contributed by atoms with Crippen molar-refractivity contribution in [1.29, 1.82) is 0 Å². The number of thiophene rings is 1. The number of anilines is 2. The summed E-state index contributed by atoms with van der Waals surface area (Å²) in [4.78, 5) is 24.9. The van der Waals surface area contributed by atoms with Gasteiger partial charge in [-0.05, 0) is 50.1 Å². The van der Waals surface area contributed by atoms with Gasteiger partial charge >= 0.3 is 0 Å². The molecule has 1 unspecified atom stereocenters. The van der Waals surface area contributed by atoms with Gasteiger partial charge in [-0.2, -0.15) is 4.31 Å². The van der Waals surface area contributed by atoms with E-state index < -0.39 is 15.9 Å². The predicted molar refractivity (Wildman–Crippen MR) is 115 cm³/mol. The topological polar surface area (TPSA) is 95.6 Å². The predicted octanol–water partition coefficient (Wildman–Crippen LogP) is 3.71. The van der Waals surface area contributed by atoms with Crippen LogP contribution >= 0.6 is 22.9 Å². The van der Waals surface area contributed by atoms with E-state index in [9.17, 15) is 18.0 Å². The third-order valence-corrected chi connectivity index (χ3v) is 8.27. The van der Waals surface area contributed by atoms with Crippen molar-refractivity contribution in [3.05, 3.63) is 40.2 Å². The number of aryl methyl sites for hydroxylation is 1. The SMILES string of the molecule is CC(=O)Nc1ccc(Cl)c(NC(=O)C2CCCN(S(=O)(=O)c3ccc(C)s3)C2)c1. The average Bonchev–Trinajstić information content (AvgIpc) is 3.11. The maximum atomic E-state index is 12.9. The van der Waals surface area contributed by atoms with Gasteiger partial charge < -0.3 is 10.6 Å². The Morgan fingerprint density at radius 3 is 2.62 bits per heavy atom. The van der Waals surface area contributed by atoms with Gasteiger partial charge in [0.15, 0.2) is 0 Å². The minimum atomic E-state index is -3.61. The van der Waals surface area contributed by atoms with Crippen molar-refractivity contribution >= 4 is 56.2 Å². The molecule has 1 atom stereocenters. The van der Waals surface area contributed by atoms with Gasteiger partial charge in [0, 0.05) is 30.6 Å². The van der Waals surface area contributed by atoms with Gasteiger partial charge in [0.1, 0.15) is 4.21 Å². The van der Waals surface area contributed by atoms with Crippen LogP contribution in [0, 0.1) is 12.8 Å². The first kappa shape index (κ1) is 21.8. The Morgan fingerprint density at radius 1 is 1.21 bits per heavy atom. The lowest BCUT2D eigenvalue weighted by atomic mass is 9.98. The highest BCUT2D eigenvalue weighted by Gasteiger charge is 2.34. The molecule has 2 N–H and O–H groups in total. The van der Waals surface area contributed by atoms with E-state index >= 15 is 0 Å². The number of carbonyl (C=O) groups excluding carboxylic acids is 2. The van der Waals surface area contributed by atoms with Crippen LogP contribution in [0.25, 0.3) is 0 Å². The molecule has 0 radical (unpaired) electrons. The Balaban J connectivity index is 1.73. The van der Waals surface area contributed by atoms with Crippen molar-refractivity contribution in [2.24, 2.45) is 5.92 Å². The number of halogens is 1. The highest BCUT2D eigenvalue weighted by molar-refractivity contribution is 7.91. The Bertz CT molecular complexity index is 1040. The summed E-state index contributed by atoms with van der Waals surface area (Å²) in [6.45, 7) is 3.75. The molecule has 0 saturated carbocycles. The van der Waals surface area contributed by atoms with Crippen LogP contribution in [0.5, 0.6) is 0 Å². The smallest absolute Gasteiger partial charge is 0.252 e. The van der Waals surface area contributed by atoms with Crippen molar-refractivity contribution in [2.45, 2.75) is 30.9 Å². The minimum absolute atomic E-state index is 0.119. The summed E-state index contributed by atoms with van der Waals surface area (Å²) in [5.41, 5.74) is 0.884. The third-order valence-electron chi connectivity index (χ3n) is 4.61. The fourth-order valence-corrected chi connectivity index (χ4v) is 6.32. The van der Waals surface area contributed by atoms with Crippen LogP contribution < -0.4 is 10.6 Å². The Morgan fingerprint density at radius 2 is 1.97 bits per heavy atom. The third kappa shape index (κ3) is 5.16. The highest BCUT2D eigenvalue weighted by atomic mass is 35.5. The number of benzene rings is 1. The number of amides is 2. The van der Waals surface area contributed by atoms with Crippen molar-refractivity contribution in [3.8, 4) is 0 Å². The van der Waals surface area contributed by atoms with E-state index in [0.717, 1.165) is 4.88 Å². The zero-order valence-electron chi connectivity index (χ0n) is 16.1. The van der Waals surface area contributed by atoms with Crippen LogP contribution in [0.15, 0.2) is 34.5 Å². The zero-order chi connectivity index (χ0) is 21.2. The molecule has 29 heavy (non-hydrogen) atoms. The summed E-state index contributed by atoms with van der Waals surface area (Å²) in [6.07, 6.45) is 1.19. The van der Waals surface area contributed by atoms with Crippen LogP contribution in [0.2, 0.25) is 5.02 Å². The Hall–Kier alpha value is -1.94. The summed E-state index contributed by atoms with van der Waals surface area (Å²) in [7, 11) is -3.61. The number of piperidine rings is 1. The summed E-state index contributed by atoms with van der Waals surface area (Å²) < 4.78 is 27.4. The second kappa shape index (κ2) is 8.83. The number of hydrogen-bond donors (Lipinski definition) is 2. The zero-order valence-corrected chi connectivity index (χ0v) is 18.5. The molecule has 0 bridgehead atoms. The van der Waals surface area contributed by atoms with E-state index in [1.54, 1.807) is 30.3 Å². The van der Waals surface area contributed by atoms with Gasteiger partial charge in [0.25, 0.3) is 10.0 Å². The molecular weight excluding hydrogens is 434 g/mol. The number of nitrogens with zero attached hydrogens (tertiary/aromatic N) is 1. The van der Waals surface area contributed by atoms with Gasteiger partial charge in [-0.15, -0.1) is 11.3 Å². The second-order valence-electron chi connectivity index (χ2n) is 6.93.